The van der Waals surface area contributed by atoms with Gasteiger partial charge >= 0.3 is 0 Å². The fourth-order valence-corrected chi connectivity index (χ4v) is 4.53. The molecule has 22 heavy (non-hydrogen) atoms. The number of ether oxygens (including phenoxy) is 1. The summed E-state index contributed by atoms with van der Waals surface area (Å²) in [5.74, 6) is 1.53. The summed E-state index contributed by atoms with van der Waals surface area (Å²) in [7, 11) is 2.09. The maximum Gasteiger partial charge on any atom is 0.219 e. The van der Waals surface area contributed by atoms with E-state index in [1.807, 2.05) is 0 Å². The maximum absolute atomic E-state index is 6.53. The maximum atomic E-state index is 6.53. The van der Waals surface area contributed by atoms with Gasteiger partial charge in [-0.05, 0) is 32.0 Å². The lowest BCUT2D eigenvalue weighted by Gasteiger charge is -2.50. The van der Waals surface area contributed by atoms with Crippen molar-refractivity contribution in [3.05, 3.63) is 36.0 Å². The first-order valence-corrected chi connectivity index (χ1v) is 8.25. The summed E-state index contributed by atoms with van der Waals surface area (Å²) in [4.78, 5) is 7.36. The minimum atomic E-state index is -0.0528. The molecule has 1 aromatic carbocycles. The first kappa shape index (κ1) is 12.7. The fourth-order valence-electron chi connectivity index (χ4n) is 4.53. The van der Waals surface area contributed by atoms with Crippen LogP contribution in [0.3, 0.4) is 0 Å². The first-order chi connectivity index (χ1) is 10.8. The van der Waals surface area contributed by atoms with E-state index in [2.05, 4.69) is 47.0 Å². The Hall–Kier alpha value is -1.81. The summed E-state index contributed by atoms with van der Waals surface area (Å²) in [6.07, 6.45) is 4.68. The Kier molecular flexibility index (Phi) is 2.51. The molecule has 0 aliphatic carbocycles. The van der Waals surface area contributed by atoms with Crippen molar-refractivity contribution in [3.63, 3.8) is 0 Å². The van der Waals surface area contributed by atoms with Gasteiger partial charge in [-0.2, -0.15) is 0 Å². The molecule has 6 rings (SSSR count). The van der Waals surface area contributed by atoms with Crippen LogP contribution in [0.4, 0.5) is 0 Å². The Labute approximate surface area is 130 Å². The van der Waals surface area contributed by atoms with E-state index in [-0.39, 0.29) is 5.60 Å². The molecule has 0 radical (unpaired) electrons. The van der Waals surface area contributed by atoms with Crippen molar-refractivity contribution in [2.24, 2.45) is 18.0 Å². The van der Waals surface area contributed by atoms with Gasteiger partial charge in [0.2, 0.25) is 5.90 Å². The highest BCUT2D eigenvalue weighted by atomic mass is 16.5. The molecule has 1 atom stereocenters. The molecule has 5 heterocycles. The van der Waals surface area contributed by atoms with Crippen LogP contribution in [0, 0.1) is 5.92 Å². The number of aliphatic imine (C=N–C) groups is 1. The zero-order valence-corrected chi connectivity index (χ0v) is 13.0. The summed E-state index contributed by atoms with van der Waals surface area (Å²) >= 11 is 0. The van der Waals surface area contributed by atoms with Crippen LogP contribution in [-0.4, -0.2) is 47.1 Å². The van der Waals surface area contributed by atoms with E-state index in [1.165, 1.54) is 36.8 Å². The van der Waals surface area contributed by atoms with Gasteiger partial charge in [0.25, 0.3) is 0 Å². The van der Waals surface area contributed by atoms with Crippen LogP contribution in [-0.2, 0) is 11.8 Å². The number of aryl methyl sites for hydroxylation is 1. The van der Waals surface area contributed by atoms with E-state index in [1.54, 1.807) is 0 Å². The van der Waals surface area contributed by atoms with Gasteiger partial charge in [-0.25, -0.2) is 4.99 Å². The third-order valence-corrected chi connectivity index (χ3v) is 5.74. The summed E-state index contributed by atoms with van der Waals surface area (Å²) < 4.78 is 8.69. The second-order valence-electron chi connectivity index (χ2n) is 7.01. The van der Waals surface area contributed by atoms with Gasteiger partial charge < -0.3 is 9.30 Å². The van der Waals surface area contributed by atoms with Crippen molar-refractivity contribution in [3.8, 4) is 0 Å². The molecule has 0 N–H and O–H groups in total. The van der Waals surface area contributed by atoms with E-state index in [9.17, 15) is 0 Å². The summed E-state index contributed by atoms with van der Waals surface area (Å²) in [5.41, 5.74) is 2.33. The van der Waals surface area contributed by atoms with E-state index >= 15 is 0 Å². The van der Waals surface area contributed by atoms with Gasteiger partial charge in [-0.1, -0.05) is 18.2 Å². The zero-order chi connectivity index (χ0) is 14.7. The lowest BCUT2D eigenvalue weighted by atomic mass is 9.75. The number of hydrogen-bond donors (Lipinski definition) is 0. The van der Waals surface area contributed by atoms with Gasteiger partial charge in [0.15, 0.2) is 0 Å². The van der Waals surface area contributed by atoms with E-state index in [0.29, 0.717) is 5.92 Å². The zero-order valence-electron chi connectivity index (χ0n) is 13.0. The van der Waals surface area contributed by atoms with Crippen LogP contribution in [0.15, 0.2) is 35.5 Å². The van der Waals surface area contributed by atoms with Crippen molar-refractivity contribution in [1.29, 1.82) is 0 Å². The van der Waals surface area contributed by atoms with Gasteiger partial charge in [0.05, 0.1) is 12.1 Å². The normalized spacial score (nSPS) is 33.4. The third kappa shape index (κ3) is 1.64. The van der Waals surface area contributed by atoms with Crippen molar-refractivity contribution in [2.75, 3.05) is 26.2 Å². The van der Waals surface area contributed by atoms with Gasteiger partial charge in [0.1, 0.15) is 5.60 Å². The molecule has 4 aliphatic rings. The highest BCUT2D eigenvalue weighted by Crippen LogP contribution is 2.42. The van der Waals surface area contributed by atoms with Crippen LogP contribution in [0.2, 0.25) is 0 Å². The summed E-state index contributed by atoms with van der Waals surface area (Å²) in [5, 5.41) is 1.24. The molecular weight excluding hydrogens is 274 g/mol. The topological polar surface area (TPSA) is 29.8 Å². The van der Waals surface area contributed by atoms with E-state index < -0.39 is 0 Å². The molecule has 1 aromatic heterocycles. The van der Waals surface area contributed by atoms with E-state index in [0.717, 1.165) is 24.6 Å². The molecule has 1 spiro atoms. The molecule has 3 saturated heterocycles. The van der Waals surface area contributed by atoms with Crippen LogP contribution in [0.25, 0.3) is 10.9 Å². The Bertz CT molecular complexity index is 770. The third-order valence-electron chi connectivity index (χ3n) is 5.74. The molecule has 0 saturated carbocycles. The van der Waals surface area contributed by atoms with Crippen molar-refractivity contribution in [1.82, 2.24) is 9.47 Å². The molecular formula is C18H21N3O. The van der Waals surface area contributed by atoms with Crippen LogP contribution >= 0.6 is 0 Å². The molecule has 0 amide bonds. The lowest BCUT2D eigenvalue weighted by molar-refractivity contribution is -0.0825. The average molecular weight is 295 g/mol. The summed E-state index contributed by atoms with van der Waals surface area (Å²) in [6, 6.07) is 8.49. The largest absolute Gasteiger partial charge is 0.467 e. The standard InChI is InChI=1S/C18H21N3O/c1-20-10-15(14-4-2-3-5-16(14)20)17-19-11-18(22-17)12-21-8-6-13(18)7-9-21/h2-5,10,13H,6-9,11-12H2,1H3/t18-/m1/s1. The Morgan fingerprint density at radius 3 is 2.82 bits per heavy atom. The average Bonchev–Trinajstić information content (AvgIpc) is 3.11. The van der Waals surface area contributed by atoms with Crippen LogP contribution in [0.1, 0.15) is 18.4 Å². The van der Waals surface area contributed by atoms with Crippen LogP contribution < -0.4 is 0 Å². The highest BCUT2D eigenvalue weighted by molar-refractivity contribution is 6.07. The van der Waals surface area contributed by atoms with Crippen molar-refractivity contribution < 1.29 is 4.74 Å². The van der Waals surface area contributed by atoms with Crippen LogP contribution in [0.5, 0.6) is 0 Å². The number of piperidine rings is 3. The van der Waals surface area contributed by atoms with E-state index in [4.69, 9.17) is 9.73 Å². The predicted octanol–water partition coefficient (Wildman–Crippen LogP) is 2.42. The number of fused-ring (bicyclic) bond motifs is 3. The number of rotatable bonds is 1. The fraction of sp³-hybridized carbons (Fsp3) is 0.500. The second kappa shape index (κ2) is 4.35. The molecule has 2 bridgehead atoms. The van der Waals surface area contributed by atoms with Crippen molar-refractivity contribution >= 4 is 16.8 Å². The summed E-state index contributed by atoms with van der Waals surface area (Å²) in [6.45, 7) is 4.35. The number of benzene rings is 1. The van der Waals surface area contributed by atoms with Gasteiger partial charge in [0, 0.05) is 36.6 Å². The molecule has 4 heteroatoms. The first-order valence-electron chi connectivity index (χ1n) is 8.25. The van der Waals surface area contributed by atoms with Crippen molar-refractivity contribution in [2.45, 2.75) is 18.4 Å². The number of aromatic nitrogens is 1. The lowest BCUT2D eigenvalue weighted by Crippen LogP contribution is -2.60. The molecule has 3 fully saturated rings. The molecule has 114 valence electrons. The monoisotopic (exact) mass is 295 g/mol. The minimum absolute atomic E-state index is 0.0528. The quantitative estimate of drug-likeness (QED) is 0.808. The molecule has 0 unspecified atom stereocenters. The Morgan fingerprint density at radius 2 is 2.05 bits per heavy atom. The van der Waals surface area contributed by atoms with Gasteiger partial charge in [-0.15, -0.1) is 0 Å². The Balaban J connectivity index is 1.52. The van der Waals surface area contributed by atoms with Gasteiger partial charge in [-0.3, -0.25) is 4.90 Å². The number of nitrogens with zero attached hydrogens (tertiary/aromatic N) is 3. The SMILES string of the molecule is Cn1cc(C2=NC[C@]3(CN4CCC3CC4)O2)c2ccccc21. The Morgan fingerprint density at radius 1 is 1.23 bits per heavy atom. The minimum Gasteiger partial charge on any atom is -0.467 e. The number of hydrogen-bond acceptors (Lipinski definition) is 3. The second-order valence-corrected chi connectivity index (χ2v) is 7.01. The predicted molar refractivity (Wildman–Crippen MR) is 87.3 cm³/mol. The molecule has 4 aliphatic heterocycles. The smallest absolute Gasteiger partial charge is 0.219 e. The molecule has 4 nitrogen and oxygen atoms in total. The number of para-hydroxylation sites is 1. The highest BCUT2D eigenvalue weighted by Gasteiger charge is 2.51. The molecule has 2 aromatic rings.